The summed E-state index contributed by atoms with van der Waals surface area (Å²) < 4.78 is 73.4. The number of likely N-dealkylation sites (tertiary alicyclic amines) is 1. The van der Waals surface area contributed by atoms with E-state index in [2.05, 4.69) is 92.5 Å². The molecule has 0 spiro atoms. The molecular weight excluding hydrogens is 813 g/mol. The highest BCUT2D eigenvalue weighted by Gasteiger charge is 2.40. The monoisotopic (exact) mass is 876 g/mol. The van der Waals surface area contributed by atoms with Gasteiger partial charge in [-0.2, -0.15) is 0 Å². The second-order valence-electron chi connectivity index (χ2n) is 18.0. The number of rotatable bonds is 12. The standard InChI is InChI=1S/C24H35N3O5SSi.C16H29N3O3SSi/c1-24(2,3)34(4,5)32-20-11-12-22(25-17-20)26-33(29,30)21-13-15-27(16-14-21)23(28)31-18-19-9-7-6-8-10-19;1-16(2,3)24(4,5)22-13-6-7-15(18-12-13)19-23(20,21)14-8-10-17-11-9-14/h6-12,17,21H,13-16,18H2,1-5H3,(H,25,26);6-7,12,14,17H,8-11H2,1-5H3,(H,18,19). The Morgan fingerprint density at radius 1 is 0.707 bits per heavy atom. The normalized spacial score (nSPS) is 16.4. The molecule has 4 heterocycles. The van der Waals surface area contributed by atoms with Crippen LogP contribution in [0.4, 0.5) is 16.4 Å². The van der Waals surface area contributed by atoms with Crippen molar-refractivity contribution in [1.29, 1.82) is 0 Å². The van der Waals surface area contributed by atoms with Gasteiger partial charge < -0.3 is 23.8 Å². The molecule has 1 amide bonds. The van der Waals surface area contributed by atoms with Gasteiger partial charge in [-0.1, -0.05) is 71.9 Å². The zero-order valence-electron chi connectivity index (χ0n) is 35.8. The van der Waals surface area contributed by atoms with Crippen molar-refractivity contribution in [1.82, 2.24) is 20.2 Å². The summed E-state index contributed by atoms with van der Waals surface area (Å²) in [7, 11) is -10.9. The zero-order valence-corrected chi connectivity index (χ0v) is 39.4. The quantitative estimate of drug-likeness (QED) is 0.150. The van der Waals surface area contributed by atoms with Crippen molar-refractivity contribution in [2.75, 3.05) is 35.6 Å². The van der Waals surface area contributed by atoms with E-state index in [4.69, 9.17) is 13.6 Å². The summed E-state index contributed by atoms with van der Waals surface area (Å²) in [6.45, 7) is 23.9. The third-order valence-electron chi connectivity index (χ3n) is 11.4. The van der Waals surface area contributed by atoms with E-state index in [-0.39, 0.29) is 27.8 Å². The van der Waals surface area contributed by atoms with Crippen molar-refractivity contribution in [3.05, 3.63) is 72.6 Å². The number of carbonyl (C=O) groups excluding carboxylic acids is 1. The van der Waals surface area contributed by atoms with Crippen molar-refractivity contribution in [3.63, 3.8) is 0 Å². The maximum absolute atomic E-state index is 12.9. The maximum Gasteiger partial charge on any atom is 0.410 e. The second kappa shape index (κ2) is 19.1. The lowest BCUT2D eigenvalue weighted by Gasteiger charge is -2.36. The molecule has 0 unspecified atom stereocenters. The number of amides is 1. The van der Waals surface area contributed by atoms with E-state index in [1.54, 1.807) is 41.6 Å². The number of hydrogen-bond donors (Lipinski definition) is 3. The Kier molecular flexibility index (Phi) is 15.5. The SMILES string of the molecule is CC(C)(C)[Si](C)(C)Oc1ccc(NS(=O)(=O)C2CCN(C(=O)OCc3ccccc3)CC2)nc1.CC(C)(C)[Si](C)(C)Oc1ccc(NS(=O)(=O)C2CCNCC2)nc1. The van der Waals surface area contributed by atoms with E-state index in [9.17, 15) is 21.6 Å². The lowest BCUT2D eigenvalue weighted by molar-refractivity contribution is 0.0897. The summed E-state index contributed by atoms with van der Waals surface area (Å²) in [5.74, 6) is 1.92. The molecule has 322 valence electrons. The molecule has 0 aliphatic carbocycles. The molecule has 0 radical (unpaired) electrons. The van der Waals surface area contributed by atoms with Gasteiger partial charge in [0.15, 0.2) is 0 Å². The summed E-state index contributed by atoms with van der Waals surface area (Å²) in [6.07, 6.45) is 4.66. The third-order valence-corrected chi connectivity index (χ3v) is 23.8. The number of sulfonamides is 2. The number of aromatic nitrogens is 2. The Balaban J connectivity index is 0.000000273. The van der Waals surface area contributed by atoms with Crippen LogP contribution in [0.5, 0.6) is 11.5 Å². The predicted octanol–water partition coefficient (Wildman–Crippen LogP) is 7.97. The Labute approximate surface area is 348 Å². The van der Waals surface area contributed by atoms with Crippen LogP contribution in [-0.2, 0) is 31.4 Å². The van der Waals surface area contributed by atoms with E-state index in [1.807, 2.05) is 30.3 Å². The van der Waals surface area contributed by atoms with Gasteiger partial charge in [-0.25, -0.2) is 31.6 Å². The fourth-order valence-electron chi connectivity index (χ4n) is 5.62. The first-order valence-corrected chi connectivity index (χ1v) is 28.8. The topological polar surface area (TPSA) is 178 Å². The molecule has 14 nitrogen and oxygen atoms in total. The average Bonchev–Trinajstić information content (AvgIpc) is 3.15. The van der Waals surface area contributed by atoms with Crippen molar-refractivity contribution in [2.24, 2.45) is 0 Å². The number of nitrogens with one attached hydrogen (secondary N) is 3. The molecule has 18 heteroatoms. The van der Waals surface area contributed by atoms with E-state index in [1.165, 1.54) is 0 Å². The molecule has 2 aromatic heterocycles. The van der Waals surface area contributed by atoms with Crippen LogP contribution >= 0.6 is 0 Å². The molecule has 2 saturated heterocycles. The van der Waals surface area contributed by atoms with E-state index in [0.29, 0.717) is 56.1 Å². The summed E-state index contributed by atoms with van der Waals surface area (Å²) in [4.78, 5) is 22.3. The van der Waals surface area contributed by atoms with Crippen LogP contribution in [0.1, 0.15) is 72.8 Å². The van der Waals surface area contributed by atoms with E-state index >= 15 is 0 Å². The summed E-state index contributed by atoms with van der Waals surface area (Å²) in [5, 5.41) is 2.36. The minimum absolute atomic E-state index is 0.0517. The molecule has 2 aliphatic rings. The van der Waals surface area contributed by atoms with Crippen LogP contribution in [0, 0.1) is 0 Å². The first-order valence-electron chi connectivity index (χ1n) is 19.9. The molecule has 3 N–H and O–H groups in total. The van der Waals surface area contributed by atoms with Crippen molar-refractivity contribution >= 4 is 54.4 Å². The molecule has 0 bridgehead atoms. The second-order valence-corrected chi connectivity index (χ2v) is 31.3. The molecule has 58 heavy (non-hydrogen) atoms. The Morgan fingerprint density at radius 2 is 1.14 bits per heavy atom. The highest BCUT2D eigenvalue weighted by atomic mass is 32.2. The molecular formula is C40H64N6O8S2Si2. The Bertz CT molecular complexity index is 1990. The number of pyridine rings is 2. The largest absolute Gasteiger partial charge is 0.542 e. The van der Waals surface area contributed by atoms with Crippen LogP contribution in [0.2, 0.25) is 36.3 Å². The van der Waals surface area contributed by atoms with E-state index in [0.717, 1.165) is 18.7 Å². The Morgan fingerprint density at radius 3 is 1.53 bits per heavy atom. The number of benzene rings is 1. The van der Waals surface area contributed by atoms with Crippen molar-refractivity contribution in [3.8, 4) is 11.5 Å². The van der Waals surface area contributed by atoms with Gasteiger partial charge in [0.1, 0.15) is 29.7 Å². The molecule has 0 atom stereocenters. The van der Waals surface area contributed by atoms with Gasteiger partial charge in [0, 0.05) is 13.1 Å². The van der Waals surface area contributed by atoms with Crippen LogP contribution < -0.4 is 23.6 Å². The molecule has 2 fully saturated rings. The summed E-state index contributed by atoms with van der Waals surface area (Å²) in [5.41, 5.74) is 0.908. The van der Waals surface area contributed by atoms with Crippen LogP contribution in [-0.4, -0.2) is 91.1 Å². The summed E-state index contributed by atoms with van der Waals surface area (Å²) >= 11 is 0. The number of carbonyl (C=O) groups is 1. The molecule has 1 aromatic carbocycles. The number of ether oxygens (including phenoxy) is 1. The smallest absolute Gasteiger partial charge is 0.410 e. The highest BCUT2D eigenvalue weighted by molar-refractivity contribution is 7.93. The number of anilines is 2. The molecule has 0 saturated carbocycles. The van der Waals surface area contributed by atoms with E-state index < -0.39 is 48.0 Å². The number of nitrogens with zero attached hydrogens (tertiary/aromatic N) is 3. The Hall–Kier alpha value is -3.72. The zero-order chi connectivity index (χ0) is 43.0. The molecule has 5 rings (SSSR count). The van der Waals surface area contributed by atoms with Crippen LogP contribution in [0.3, 0.4) is 0 Å². The number of hydrogen-bond acceptors (Lipinski definition) is 11. The minimum atomic E-state index is -3.64. The van der Waals surface area contributed by atoms with Gasteiger partial charge in [-0.05, 0) is 105 Å². The third kappa shape index (κ3) is 13.4. The molecule has 3 aromatic rings. The predicted molar refractivity (Wildman–Crippen MR) is 236 cm³/mol. The van der Waals surface area contributed by atoms with Gasteiger partial charge in [-0.3, -0.25) is 9.44 Å². The number of piperidine rings is 2. The lowest BCUT2D eigenvalue weighted by Crippen LogP contribution is -2.44. The maximum atomic E-state index is 12.9. The van der Waals surface area contributed by atoms with Gasteiger partial charge in [0.2, 0.25) is 20.0 Å². The van der Waals surface area contributed by atoms with Gasteiger partial charge in [0.25, 0.3) is 16.6 Å². The first-order chi connectivity index (χ1) is 26.9. The van der Waals surface area contributed by atoms with Gasteiger partial charge in [-0.15, -0.1) is 0 Å². The fraction of sp³-hybridized carbons (Fsp3) is 0.575. The lowest BCUT2D eigenvalue weighted by atomic mass is 10.1. The van der Waals surface area contributed by atoms with Gasteiger partial charge in [0.05, 0.1) is 22.9 Å². The summed E-state index contributed by atoms with van der Waals surface area (Å²) in [6, 6.07) is 16.3. The van der Waals surface area contributed by atoms with Crippen LogP contribution in [0.15, 0.2) is 67.0 Å². The minimum Gasteiger partial charge on any atom is -0.542 e. The van der Waals surface area contributed by atoms with Crippen molar-refractivity contribution in [2.45, 2.75) is 121 Å². The molecule has 2 aliphatic heterocycles. The van der Waals surface area contributed by atoms with Crippen molar-refractivity contribution < 1.29 is 35.2 Å². The first kappa shape index (κ1) is 47.0. The highest BCUT2D eigenvalue weighted by Crippen LogP contribution is 2.38. The van der Waals surface area contributed by atoms with Crippen LogP contribution in [0.25, 0.3) is 0 Å². The average molecular weight is 877 g/mol. The van der Waals surface area contributed by atoms with Gasteiger partial charge >= 0.3 is 6.09 Å². The fourth-order valence-corrected chi connectivity index (χ4v) is 10.5.